The Balaban J connectivity index is 2.52. The predicted octanol–water partition coefficient (Wildman–Crippen LogP) is 2.26. The summed E-state index contributed by atoms with van der Waals surface area (Å²) in [6.45, 7) is 6.13. The summed E-state index contributed by atoms with van der Waals surface area (Å²) in [6.07, 6.45) is -0.515. The second-order valence-corrected chi connectivity index (χ2v) is 4.79. The highest BCUT2D eigenvalue weighted by Gasteiger charge is 2.16. The minimum absolute atomic E-state index is 0.130. The predicted molar refractivity (Wildman–Crippen MR) is 72.8 cm³/mol. The van der Waals surface area contributed by atoms with Crippen molar-refractivity contribution in [3.05, 3.63) is 29.5 Å². The van der Waals surface area contributed by atoms with Crippen LogP contribution in [0.1, 0.15) is 31.2 Å². The lowest BCUT2D eigenvalue weighted by Crippen LogP contribution is -2.12. The fourth-order valence-electron chi connectivity index (χ4n) is 2.22. The molecular weight excluding hydrogens is 228 g/mol. The number of hydrogen-bond donors (Lipinski definition) is 3. The van der Waals surface area contributed by atoms with E-state index in [2.05, 4.69) is 4.98 Å². The zero-order chi connectivity index (χ0) is 13.3. The molecule has 1 unspecified atom stereocenters. The highest BCUT2D eigenvalue weighted by molar-refractivity contribution is 5.86. The van der Waals surface area contributed by atoms with Gasteiger partial charge in [0.15, 0.2) is 0 Å². The number of hydrogen-bond acceptors (Lipinski definition) is 3. The number of aromatic amines is 1. The van der Waals surface area contributed by atoms with Crippen molar-refractivity contribution in [3.63, 3.8) is 0 Å². The normalized spacial score (nSPS) is 13.2. The van der Waals surface area contributed by atoms with Gasteiger partial charge in [0.1, 0.15) is 5.75 Å². The molecule has 0 saturated carbocycles. The van der Waals surface area contributed by atoms with Crippen molar-refractivity contribution >= 4 is 10.9 Å². The van der Waals surface area contributed by atoms with Crippen LogP contribution < -0.4 is 10.5 Å². The minimum Gasteiger partial charge on any atom is -0.491 e. The van der Waals surface area contributed by atoms with E-state index in [1.54, 1.807) is 0 Å². The Morgan fingerprint density at radius 1 is 1.39 bits per heavy atom. The summed E-state index contributed by atoms with van der Waals surface area (Å²) < 4.78 is 5.67. The summed E-state index contributed by atoms with van der Waals surface area (Å²) in [7, 11) is 0. The van der Waals surface area contributed by atoms with E-state index in [4.69, 9.17) is 10.5 Å². The van der Waals surface area contributed by atoms with E-state index in [1.165, 1.54) is 0 Å². The summed E-state index contributed by atoms with van der Waals surface area (Å²) >= 11 is 0. The van der Waals surface area contributed by atoms with Crippen LogP contribution in [-0.2, 0) is 0 Å². The topological polar surface area (TPSA) is 71.3 Å². The summed E-state index contributed by atoms with van der Waals surface area (Å²) in [5, 5.41) is 11.0. The molecule has 0 aliphatic heterocycles. The lowest BCUT2D eigenvalue weighted by atomic mass is 10.1. The summed E-state index contributed by atoms with van der Waals surface area (Å²) in [5.41, 5.74) is 8.35. The fraction of sp³-hybridized carbons (Fsp3) is 0.429. The van der Waals surface area contributed by atoms with E-state index in [-0.39, 0.29) is 12.6 Å². The van der Waals surface area contributed by atoms with Crippen molar-refractivity contribution in [3.8, 4) is 5.75 Å². The van der Waals surface area contributed by atoms with Gasteiger partial charge in [-0.1, -0.05) is 0 Å². The van der Waals surface area contributed by atoms with Crippen LogP contribution in [0, 0.1) is 6.92 Å². The first-order valence-corrected chi connectivity index (χ1v) is 6.20. The van der Waals surface area contributed by atoms with Gasteiger partial charge in [-0.3, -0.25) is 0 Å². The molecule has 0 saturated heterocycles. The van der Waals surface area contributed by atoms with Gasteiger partial charge in [0, 0.05) is 28.7 Å². The van der Waals surface area contributed by atoms with Crippen LogP contribution in [0.5, 0.6) is 5.75 Å². The molecule has 4 N–H and O–H groups in total. The van der Waals surface area contributed by atoms with Gasteiger partial charge < -0.3 is 20.6 Å². The average Bonchev–Trinajstić information content (AvgIpc) is 2.63. The van der Waals surface area contributed by atoms with Crippen molar-refractivity contribution in [2.45, 2.75) is 33.0 Å². The number of nitrogens with one attached hydrogen (secondary N) is 1. The van der Waals surface area contributed by atoms with Gasteiger partial charge in [0.05, 0.1) is 12.2 Å². The van der Waals surface area contributed by atoms with Gasteiger partial charge in [0.25, 0.3) is 0 Å². The Morgan fingerprint density at radius 2 is 2.11 bits per heavy atom. The molecule has 18 heavy (non-hydrogen) atoms. The van der Waals surface area contributed by atoms with Gasteiger partial charge in [-0.05, 0) is 39.0 Å². The molecule has 4 heteroatoms. The Bertz CT molecular complexity index is 546. The number of fused-ring (bicyclic) bond motifs is 1. The Morgan fingerprint density at radius 3 is 2.72 bits per heavy atom. The molecule has 1 aromatic heterocycles. The second-order valence-electron chi connectivity index (χ2n) is 4.79. The molecule has 0 bridgehead atoms. The number of H-pyrrole nitrogens is 1. The molecule has 0 amide bonds. The molecule has 1 heterocycles. The largest absolute Gasteiger partial charge is 0.491 e. The average molecular weight is 248 g/mol. The molecule has 0 fully saturated rings. The van der Waals surface area contributed by atoms with Crippen LogP contribution in [0.15, 0.2) is 18.2 Å². The second kappa shape index (κ2) is 5.00. The number of aliphatic hydroxyl groups is 1. The fourth-order valence-corrected chi connectivity index (χ4v) is 2.22. The molecule has 0 aliphatic rings. The lowest BCUT2D eigenvalue weighted by Gasteiger charge is -2.11. The number of ether oxygens (including phenoxy) is 1. The molecular formula is C14H20N2O2. The lowest BCUT2D eigenvalue weighted by molar-refractivity contribution is 0.187. The van der Waals surface area contributed by atoms with Crippen molar-refractivity contribution < 1.29 is 9.84 Å². The van der Waals surface area contributed by atoms with Crippen molar-refractivity contribution in [2.75, 3.05) is 6.54 Å². The number of aromatic nitrogens is 1. The SMILES string of the molecule is Cc1[nH]c2ccc(OC(C)C)cc2c1C(O)CN. The number of rotatable bonds is 4. The number of benzene rings is 1. The quantitative estimate of drug-likeness (QED) is 0.777. The molecule has 1 atom stereocenters. The highest BCUT2D eigenvalue weighted by Crippen LogP contribution is 2.30. The molecule has 0 aliphatic carbocycles. The summed E-state index contributed by atoms with van der Waals surface area (Å²) in [4.78, 5) is 3.25. The summed E-state index contributed by atoms with van der Waals surface area (Å²) in [5.74, 6) is 0.807. The summed E-state index contributed by atoms with van der Waals surface area (Å²) in [6, 6.07) is 5.84. The maximum atomic E-state index is 9.98. The number of aryl methyl sites for hydroxylation is 1. The molecule has 4 nitrogen and oxygen atoms in total. The van der Waals surface area contributed by atoms with Crippen LogP contribution >= 0.6 is 0 Å². The zero-order valence-electron chi connectivity index (χ0n) is 11.0. The maximum absolute atomic E-state index is 9.98. The van der Waals surface area contributed by atoms with Crippen LogP contribution in [0.25, 0.3) is 10.9 Å². The Labute approximate surface area is 107 Å². The standard InChI is InChI=1S/C14H20N2O2/c1-8(2)18-10-4-5-12-11(6-10)14(9(3)16-12)13(17)7-15/h4-6,8,13,16-17H,7,15H2,1-3H3. The van der Waals surface area contributed by atoms with Gasteiger partial charge in [0.2, 0.25) is 0 Å². The van der Waals surface area contributed by atoms with Gasteiger partial charge in [-0.15, -0.1) is 0 Å². The first kappa shape index (κ1) is 12.9. The Kier molecular flexibility index (Phi) is 3.59. The first-order chi connectivity index (χ1) is 8.52. The molecule has 98 valence electrons. The number of nitrogens with two attached hydrogens (primary N) is 1. The molecule has 2 rings (SSSR count). The van der Waals surface area contributed by atoms with Gasteiger partial charge >= 0.3 is 0 Å². The van der Waals surface area contributed by atoms with E-state index in [0.29, 0.717) is 0 Å². The van der Waals surface area contributed by atoms with E-state index in [9.17, 15) is 5.11 Å². The third-order valence-electron chi connectivity index (χ3n) is 2.94. The first-order valence-electron chi connectivity index (χ1n) is 6.20. The number of aliphatic hydroxyl groups excluding tert-OH is 1. The van der Waals surface area contributed by atoms with Crippen molar-refractivity contribution in [1.82, 2.24) is 4.98 Å². The van der Waals surface area contributed by atoms with Crippen LogP contribution in [-0.4, -0.2) is 22.7 Å². The van der Waals surface area contributed by atoms with Gasteiger partial charge in [-0.2, -0.15) is 0 Å². The maximum Gasteiger partial charge on any atom is 0.120 e. The third kappa shape index (κ3) is 2.35. The van der Waals surface area contributed by atoms with Crippen LogP contribution in [0.4, 0.5) is 0 Å². The van der Waals surface area contributed by atoms with Crippen molar-refractivity contribution in [2.24, 2.45) is 5.73 Å². The molecule has 2 aromatic rings. The Hall–Kier alpha value is -1.52. The van der Waals surface area contributed by atoms with E-state index >= 15 is 0 Å². The minimum atomic E-state index is -0.645. The van der Waals surface area contributed by atoms with Crippen LogP contribution in [0.2, 0.25) is 0 Å². The van der Waals surface area contributed by atoms with Gasteiger partial charge in [-0.25, -0.2) is 0 Å². The molecule has 1 aromatic carbocycles. The highest BCUT2D eigenvalue weighted by atomic mass is 16.5. The van der Waals surface area contributed by atoms with E-state index in [1.807, 2.05) is 39.0 Å². The zero-order valence-corrected chi connectivity index (χ0v) is 11.0. The third-order valence-corrected chi connectivity index (χ3v) is 2.94. The molecule has 0 spiro atoms. The molecule has 0 radical (unpaired) electrons. The van der Waals surface area contributed by atoms with Crippen molar-refractivity contribution in [1.29, 1.82) is 0 Å². The van der Waals surface area contributed by atoms with E-state index < -0.39 is 6.10 Å². The smallest absolute Gasteiger partial charge is 0.120 e. The van der Waals surface area contributed by atoms with Crippen LogP contribution in [0.3, 0.4) is 0 Å². The monoisotopic (exact) mass is 248 g/mol. The van der Waals surface area contributed by atoms with E-state index in [0.717, 1.165) is 27.9 Å².